The van der Waals surface area contributed by atoms with Crippen LogP contribution in [0.2, 0.25) is 0 Å². The van der Waals surface area contributed by atoms with Gasteiger partial charge in [0.05, 0.1) is 6.04 Å². The van der Waals surface area contributed by atoms with E-state index < -0.39 is 0 Å². The molecule has 2 aromatic rings. The summed E-state index contributed by atoms with van der Waals surface area (Å²) in [6, 6.07) is 20.7. The lowest BCUT2D eigenvalue weighted by molar-refractivity contribution is 0.190. The van der Waals surface area contributed by atoms with Crippen LogP contribution in [-0.2, 0) is 13.1 Å². The van der Waals surface area contributed by atoms with E-state index in [-0.39, 0.29) is 0 Å². The normalized spacial score (nSPS) is 20.5. The lowest BCUT2D eigenvalue weighted by Gasteiger charge is -2.32. The van der Waals surface area contributed by atoms with Gasteiger partial charge in [-0.2, -0.15) is 0 Å². The first-order valence-corrected chi connectivity index (χ1v) is 10.0. The molecule has 1 saturated heterocycles. The van der Waals surface area contributed by atoms with Crippen LogP contribution in [0.3, 0.4) is 0 Å². The maximum absolute atomic E-state index is 3.75. The van der Waals surface area contributed by atoms with Crippen molar-refractivity contribution in [1.82, 2.24) is 15.5 Å². The Morgan fingerprint density at radius 1 is 0.889 bits per heavy atom. The van der Waals surface area contributed by atoms with Gasteiger partial charge in [0.1, 0.15) is 0 Å². The first kappa shape index (κ1) is 18.0. The molecule has 0 spiro atoms. The van der Waals surface area contributed by atoms with Gasteiger partial charge in [-0.25, -0.2) is 0 Å². The average molecular weight is 360 g/mol. The molecule has 1 unspecified atom stereocenters. The molecule has 0 bridgehead atoms. The molecular formula is C24H29N3. The summed E-state index contributed by atoms with van der Waals surface area (Å²) in [6.45, 7) is 4.39. The Bertz CT molecular complexity index is 756. The van der Waals surface area contributed by atoms with Crippen molar-refractivity contribution in [1.29, 1.82) is 0 Å². The van der Waals surface area contributed by atoms with E-state index in [2.05, 4.69) is 82.3 Å². The molecule has 2 aliphatic heterocycles. The molecule has 2 N–H and O–H groups in total. The number of benzene rings is 2. The molecule has 3 nitrogen and oxygen atoms in total. The number of nitrogens with zero attached hydrogens (tertiary/aromatic N) is 1. The lowest BCUT2D eigenvalue weighted by Crippen LogP contribution is -2.41. The van der Waals surface area contributed by atoms with E-state index in [4.69, 9.17) is 0 Å². The molecule has 1 fully saturated rings. The summed E-state index contributed by atoms with van der Waals surface area (Å²) >= 11 is 0. The first-order chi connectivity index (χ1) is 13.4. The first-order valence-electron chi connectivity index (χ1n) is 10.0. The Morgan fingerprint density at radius 3 is 2.37 bits per heavy atom. The van der Waals surface area contributed by atoms with Crippen LogP contribution in [0, 0.1) is 0 Å². The topological polar surface area (TPSA) is 27.3 Å². The second-order valence-electron chi connectivity index (χ2n) is 7.55. The van der Waals surface area contributed by atoms with Gasteiger partial charge in [0.2, 0.25) is 0 Å². The fourth-order valence-electron chi connectivity index (χ4n) is 3.89. The molecule has 0 aliphatic carbocycles. The number of hydrogen-bond acceptors (Lipinski definition) is 3. The van der Waals surface area contributed by atoms with Gasteiger partial charge in [0, 0.05) is 19.1 Å². The van der Waals surface area contributed by atoms with Gasteiger partial charge < -0.3 is 10.6 Å². The Balaban J connectivity index is 1.21. The molecule has 2 heterocycles. The van der Waals surface area contributed by atoms with Crippen LogP contribution < -0.4 is 10.6 Å². The van der Waals surface area contributed by atoms with Crippen LogP contribution in [-0.4, -0.2) is 24.0 Å². The van der Waals surface area contributed by atoms with Crippen LogP contribution in [0.4, 0.5) is 0 Å². The SMILES string of the molecule is C1=CNC(c2ccc(CNC3CCN(Cc4ccccc4)CC3)cc2)C=C1. The predicted octanol–water partition coefficient (Wildman–Crippen LogP) is 4.16. The van der Waals surface area contributed by atoms with Crippen LogP contribution in [0.1, 0.15) is 35.6 Å². The molecule has 140 valence electrons. The van der Waals surface area contributed by atoms with E-state index in [1.807, 2.05) is 12.3 Å². The molecule has 1 atom stereocenters. The standard InChI is InChI=1S/C24H29N3/c1-2-6-21(7-3-1)19-27-16-13-23(14-17-27)26-18-20-9-11-22(12-10-20)24-8-4-5-15-25-24/h1-12,15,23-26H,13-14,16-19H2. The van der Waals surface area contributed by atoms with Crippen molar-refractivity contribution in [2.75, 3.05) is 13.1 Å². The third-order valence-electron chi connectivity index (χ3n) is 5.56. The van der Waals surface area contributed by atoms with Crippen molar-refractivity contribution in [2.24, 2.45) is 0 Å². The van der Waals surface area contributed by atoms with Crippen molar-refractivity contribution < 1.29 is 0 Å². The van der Waals surface area contributed by atoms with Crippen LogP contribution >= 0.6 is 0 Å². The van der Waals surface area contributed by atoms with Gasteiger partial charge in [-0.15, -0.1) is 0 Å². The highest BCUT2D eigenvalue weighted by Crippen LogP contribution is 2.18. The number of piperidine rings is 1. The molecule has 4 rings (SSSR count). The van der Waals surface area contributed by atoms with E-state index in [0.29, 0.717) is 12.1 Å². The van der Waals surface area contributed by atoms with Crippen LogP contribution in [0.5, 0.6) is 0 Å². The highest BCUT2D eigenvalue weighted by Gasteiger charge is 2.18. The maximum atomic E-state index is 3.75. The minimum absolute atomic E-state index is 0.297. The molecule has 0 radical (unpaired) electrons. The van der Waals surface area contributed by atoms with Crippen LogP contribution in [0.25, 0.3) is 0 Å². The summed E-state index contributed by atoms with van der Waals surface area (Å²) in [5.41, 5.74) is 4.09. The number of likely N-dealkylation sites (tertiary alicyclic amines) is 1. The summed E-state index contributed by atoms with van der Waals surface area (Å²) < 4.78 is 0. The van der Waals surface area contributed by atoms with Gasteiger partial charge >= 0.3 is 0 Å². The largest absolute Gasteiger partial charge is 0.381 e. The molecule has 0 saturated carbocycles. The Kier molecular flexibility index (Phi) is 6.03. The van der Waals surface area contributed by atoms with Crippen molar-refractivity contribution >= 4 is 0 Å². The minimum Gasteiger partial charge on any atom is -0.381 e. The number of hydrogen-bond donors (Lipinski definition) is 2. The minimum atomic E-state index is 0.297. The monoisotopic (exact) mass is 359 g/mol. The van der Waals surface area contributed by atoms with Crippen molar-refractivity contribution in [2.45, 2.75) is 38.0 Å². The van der Waals surface area contributed by atoms with Crippen molar-refractivity contribution in [3.05, 3.63) is 95.7 Å². The number of nitrogens with one attached hydrogen (secondary N) is 2. The number of allylic oxidation sites excluding steroid dienone is 2. The zero-order valence-corrected chi connectivity index (χ0v) is 15.9. The lowest BCUT2D eigenvalue weighted by atomic mass is 10.0. The summed E-state index contributed by atoms with van der Waals surface area (Å²) in [6.07, 6.45) is 10.8. The predicted molar refractivity (Wildman–Crippen MR) is 112 cm³/mol. The van der Waals surface area contributed by atoms with E-state index in [1.54, 1.807) is 0 Å². The summed E-state index contributed by atoms with van der Waals surface area (Å²) in [7, 11) is 0. The van der Waals surface area contributed by atoms with Gasteiger partial charge in [-0.3, -0.25) is 4.90 Å². The molecule has 3 heteroatoms. The molecular weight excluding hydrogens is 330 g/mol. The maximum Gasteiger partial charge on any atom is 0.0695 e. The Hall–Kier alpha value is -2.36. The zero-order valence-electron chi connectivity index (χ0n) is 15.9. The fraction of sp³-hybridized carbons (Fsp3) is 0.333. The van der Waals surface area contributed by atoms with Crippen molar-refractivity contribution in [3.63, 3.8) is 0 Å². The van der Waals surface area contributed by atoms with E-state index >= 15 is 0 Å². The molecule has 2 aliphatic rings. The molecule has 0 aromatic heterocycles. The smallest absolute Gasteiger partial charge is 0.0695 e. The van der Waals surface area contributed by atoms with Gasteiger partial charge in [-0.05, 0) is 54.9 Å². The summed E-state index contributed by atoms with van der Waals surface area (Å²) in [5.74, 6) is 0. The second kappa shape index (κ2) is 9.03. The fourth-order valence-corrected chi connectivity index (χ4v) is 3.89. The van der Waals surface area contributed by atoms with Crippen LogP contribution in [0.15, 0.2) is 79.0 Å². The quantitative estimate of drug-likeness (QED) is 0.811. The summed E-state index contributed by atoms with van der Waals surface area (Å²) in [4.78, 5) is 2.57. The number of dihydropyridines is 1. The van der Waals surface area contributed by atoms with E-state index in [1.165, 1.54) is 42.6 Å². The Labute approximate surface area is 162 Å². The van der Waals surface area contributed by atoms with E-state index in [9.17, 15) is 0 Å². The zero-order chi connectivity index (χ0) is 18.3. The molecule has 2 aromatic carbocycles. The Morgan fingerprint density at radius 2 is 1.67 bits per heavy atom. The van der Waals surface area contributed by atoms with Gasteiger partial charge in [-0.1, -0.05) is 66.7 Å². The van der Waals surface area contributed by atoms with Gasteiger partial charge in [0.15, 0.2) is 0 Å². The third-order valence-corrected chi connectivity index (χ3v) is 5.56. The van der Waals surface area contributed by atoms with Gasteiger partial charge in [0.25, 0.3) is 0 Å². The third kappa shape index (κ3) is 5.09. The highest BCUT2D eigenvalue weighted by molar-refractivity contribution is 5.30. The molecule has 27 heavy (non-hydrogen) atoms. The molecule has 0 amide bonds. The highest BCUT2D eigenvalue weighted by atomic mass is 15.1. The van der Waals surface area contributed by atoms with E-state index in [0.717, 1.165) is 13.1 Å². The average Bonchev–Trinajstić information content (AvgIpc) is 2.75. The van der Waals surface area contributed by atoms with Crippen molar-refractivity contribution in [3.8, 4) is 0 Å². The number of rotatable bonds is 6. The second-order valence-corrected chi connectivity index (χ2v) is 7.55. The summed E-state index contributed by atoms with van der Waals surface area (Å²) in [5, 5.41) is 7.13.